The summed E-state index contributed by atoms with van der Waals surface area (Å²) in [5.74, 6) is -0.958. The summed E-state index contributed by atoms with van der Waals surface area (Å²) >= 11 is 0. The van der Waals surface area contributed by atoms with Crippen LogP contribution < -0.4 is 4.90 Å². The van der Waals surface area contributed by atoms with Crippen molar-refractivity contribution in [3.63, 3.8) is 0 Å². The lowest BCUT2D eigenvalue weighted by atomic mass is 9.94. The topological polar surface area (TPSA) is 74.0 Å². The molecule has 1 saturated heterocycles. The fraction of sp³-hybridized carbons (Fsp3) is 0.259. The fourth-order valence-electron chi connectivity index (χ4n) is 4.28. The molecule has 1 aromatic heterocycles. The Morgan fingerprint density at radius 1 is 1.00 bits per heavy atom. The Bertz CT molecular complexity index is 1160. The summed E-state index contributed by atoms with van der Waals surface area (Å²) in [7, 11) is 0. The number of likely N-dealkylation sites (tertiary alicyclic amines) is 1. The van der Waals surface area contributed by atoms with Crippen LogP contribution in [0.25, 0.3) is 5.76 Å². The zero-order valence-electron chi connectivity index (χ0n) is 19.1. The highest BCUT2D eigenvalue weighted by molar-refractivity contribution is 6.46. The van der Waals surface area contributed by atoms with Gasteiger partial charge in [-0.25, -0.2) is 0 Å². The van der Waals surface area contributed by atoms with Crippen LogP contribution in [0, 0.1) is 6.92 Å². The smallest absolute Gasteiger partial charge is 0.296 e. The maximum Gasteiger partial charge on any atom is 0.296 e. The Labute approximate surface area is 193 Å². The maximum absolute atomic E-state index is 13.1. The maximum atomic E-state index is 13.1. The van der Waals surface area contributed by atoms with E-state index in [0.717, 1.165) is 29.9 Å². The zero-order valence-corrected chi connectivity index (χ0v) is 19.1. The van der Waals surface area contributed by atoms with Crippen LogP contribution in [0.2, 0.25) is 0 Å². The first kappa shape index (κ1) is 22.4. The van der Waals surface area contributed by atoms with Crippen LogP contribution in [0.1, 0.15) is 42.3 Å². The van der Waals surface area contributed by atoms with Crippen LogP contribution in [0.4, 0.5) is 5.69 Å². The highest BCUT2D eigenvalue weighted by atomic mass is 16.3. The van der Waals surface area contributed by atoms with E-state index in [1.807, 2.05) is 43.3 Å². The van der Waals surface area contributed by atoms with Gasteiger partial charge in [0.15, 0.2) is 0 Å². The third-order valence-corrected chi connectivity index (χ3v) is 6.11. The predicted molar refractivity (Wildman–Crippen MR) is 128 cm³/mol. The Morgan fingerprint density at radius 2 is 1.67 bits per heavy atom. The summed E-state index contributed by atoms with van der Waals surface area (Å²) < 4.78 is 5.45. The van der Waals surface area contributed by atoms with Crippen molar-refractivity contribution in [1.82, 2.24) is 4.90 Å². The average molecular weight is 445 g/mol. The standard InChI is InChI=1S/C27H28N2O4/c1-4-28(5-2)21-14-12-19(13-15-21)24-23(25(30)20-10-8-18(3)9-11-20)26(31)27(32)29(24)17-22-7-6-16-33-22/h6-16,24,30H,4-5,17H2,1-3H3. The van der Waals surface area contributed by atoms with Crippen LogP contribution in [0.3, 0.4) is 0 Å². The Hall–Kier alpha value is -3.80. The van der Waals surface area contributed by atoms with E-state index >= 15 is 0 Å². The van der Waals surface area contributed by atoms with E-state index in [1.165, 1.54) is 11.2 Å². The van der Waals surface area contributed by atoms with Crippen LogP contribution >= 0.6 is 0 Å². The molecule has 0 saturated carbocycles. The number of aliphatic hydroxyl groups is 1. The molecule has 0 aliphatic carbocycles. The van der Waals surface area contributed by atoms with Gasteiger partial charge in [0.2, 0.25) is 0 Å². The van der Waals surface area contributed by atoms with Crippen molar-refractivity contribution in [2.75, 3.05) is 18.0 Å². The highest BCUT2D eigenvalue weighted by Crippen LogP contribution is 2.40. The number of aryl methyl sites for hydroxylation is 1. The van der Waals surface area contributed by atoms with Crippen LogP contribution in [0.15, 0.2) is 76.9 Å². The molecule has 3 aromatic rings. The van der Waals surface area contributed by atoms with Crippen molar-refractivity contribution in [1.29, 1.82) is 0 Å². The molecule has 1 unspecified atom stereocenters. The van der Waals surface area contributed by atoms with E-state index in [0.29, 0.717) is 11.3 Å². The van der Waals surface area contributed by atoms with Crippen molar-refractivity contribution in [2.45, 2.75) is 33.4 Å². The molecule has 1 N–H and O–H groups in total. The third kappa shape index (κ3) is 4.29. The predicted octanol–water partition coefficient (Wildman–Crippen LogP) is 5.06. The molecule has 1 aliphatic rings. The summed E-state index contributed by atoms with van der Waals surface area (Å²) in [6.45, 7) is 8.02. The molecule has 170 valence electrons. The molecule has 2 heterocycles. The summed E-state index contributed by atoms with van der Waals surface area (Å²) in [6, 6.07) is 17.8. The molecule has 4 rings (SSSR count). The van der Waals surface area contributed by atoms with Gasteiger partial charge in [-0.1, -0.05) is 42.0 Å². The van der Waals surface area contributed by atoms with Gasteiger partial charge in [-0.3, -0.25) is 9.59 Å². The highest BCUT2D eigenvalue weighted by Gasteiger charge is 2.46. The number of benzene rings is 2. The SMILES string of the molecule is CCN(CC)c1ccc(C2C(=C(O)c3ccc(C)cc3)C(=O)C(=O)N2Cc2ccco2)cc1. The number of hydrogen-bond donors (Lipinski definition) is 1. The summed E-state index contributed by atoms with van der Waals surface area (Å²) in [5.41, 5.74) is 3.44. The van der Waals surface area contributed by atoms with E-state index in [4.69, 9.17) is 4.42 Å². The van der Waals surface area contributed by atoms with Crippen molar-refractivity contribution < 1.29 is 19.1 Å². The molecule has 33 heavy (non-hydrogen) atoms. The molecular weight excluding hydrogens is 416 g/mol. The number of anilines is 1. The van der Waals surface area contributed by atoms with Gasteiger partial charge in [0, 0.05) is 24.3 Å². The van der Waals surface area contributed by atoms with Gasteiger partial charge >= 0.3 is 0 Å². The molecule has 1 atom stereocenters. The molecule has 1 fully saturated rings. The van der Waals surface area contributed by atoms with Crippen molar-refractivity contribution in [3.05, 3.63) is 95.0 Å². The zero-order chi connectivity index (χ0) is 23.5. The summed E-state index contributed by atoms with van der Waals surface area (Å²) in [5, 5.41) is 11.1. The average Bonchev–Trinajstić information content (AvgIpc) is 3.43. The number of hydrogen-bond acceptors (Lipinski definition) is 5. The van der Waals surface area contributed by atoms with E-state index in [1.54, 1.807) is 24.3 Å². The molecule has 1 amide bonds. The van der Waals surface area contributed by atoms with Crippen LogP contribution in [-0.4, -0.2) is 34.8 Å². The van der Waals surface area contributed by atoms with Gasteiger partial charge in [-0.15, -0.1) is 0 Å². The quantitative estimate of drug-likeness (QED) is 0.313. The number of Topliss-reactive ketones (excluding diaryl/α,β-unsaturated/α-hetero) is 1. The van der Waals surface area contributed by atoms with Gasteiger partial charge in [0.25, 0.3) is 11.7 Å². The van der Waals surface area contributed by atoms with Crippen molar-refractivity contribution in [2.24, 2.45) is 0 Å². The van der Waals surface area contributed by atoms with Gasteiger partial charge in [0.05, 0.1) is 24.4 Å². The molecule has 0 spiro atoms. The van der Waals surface area contributed by atoms with Crippen LogP contribution in [-0.2, 0) is 16.1 Å². The van der Waals surface area contributed by atoms with Gasteiger partial charge in [-0.2, -0.15) is 0 Å². The number of ketones is 1. The van der Waals surface area contributed by atoms with Gasteiger partial charge in [-0.05, 0) is 50.6 Å². The number of carbonyl (C=O) groups is 2. The Morgan fingerprint density at radius 3 is 2.24 bits per heavy atom. The number of amides is 1. The molecule has 6 heteroatoms. The third-order valence-electron chi connectivity index (χ3n) is 6.11. The first-order valence-electron chi connectivity index (χ1n) is 11.2. The second-order valence-corrected chi connectivity index (χ2v) is 8.14. The minimum absolute atomic E-state index is 0.0889. The molecule has 0 bridgehead atoms. The molecular formula is C27H28N2O4. The van der Waals surface area contributed by atoms with Gasteiger partial charge in [0.1, 0.15) is 11.5 Å². The summed E-state index contributed by atoms with van der Waals surface area (Å²) in [4.78, 5) is 29.9. The second kappa shape index (κ2) is 9.36. The normalized spacial score (nSPS) is 17.5. The van der Waals surface area contributed by atoms with Crippen molar-refractivity contribution >= 4 is 23.1 Å². The number of furan rings is 1. The van der Waals surface area contributed by atoms with Crippen molar-refractivity contribution in [3.8, 4) is 0 Å². The summed E-state index contributed by atoms with van der Waals surface area (Å²) in [6.07, 6.45) is 1.53. The second-order valence-electron chi connectivity index (χ2n) is 8.14. The minimum atomic E-state index is -0.720. The number of rotatable bonds is 7. The Kier molecular flexibility index (Phi) is 6.36. The first-order valence-corrected chi connectivity index (χ1v) is 11.2. The largest absolute Gasteiger partial charge is 0.507 e. The monoisotopic (exact) mass is 444 g/mol. The lowest BCUT2D eigenvalue weighted by molar-refractivity contribution is -0.140. The van der Waals surface area contributed by atoms with Gasteiger partial charge < -0.3 is 19.3 Å². The fourth-order valence-corrected chi connectivity index (χ4v) is 4.28. The molecule has 2 aromatic carbocycles. The molecule has 6 nitrogen and oxygen atoms in total. The lowest BCUT2D eigenvalue weighted by Crippen LogP contribution is -2.29. The number of carbonyl (C=O) groups excluding carboxylic acids is 2. The van der Waals surface area contributed by atoms with E-state index in [2.05, 4.69) is 18.7 Å². The molecule has 1 aliphatic heterocycles. The molecule has 0 radical (unpaired) electrons. The van der Waals surface area contributed by atoms with Crippen LogP contribution in [0.5, 0.6) is 0 Å². The van der Waals surface area contributed by atoms with E-state index in [-0.39, 0.29) is 17.9 Å². The Balaban J connectivity index is 1.82. The first-order chi connectivity index (χ1) is 15.9. The lowest BCUT2D eigenvalue weighted by Gasteiger charge is -2.26. The number of aliphatic hydroxyl groups excluding tert-OH is 1. The number of nitrogens with zero attached hydrogens (tertiary/aromatic N) is 2. The van der Waals surface area contributed by atoms with E-state index in [9.17, 15) is 14.7 Å². The minimum Gasteiger partial charge on any atom is -0.507 e. The van der Waals surface area contributed by atoms with E-state index < -0.39 is 17.7 Å².